The van der Waals surface area contributed by atoms with Gasteiger partial charge in [0.1, 0.15) is 24.9 Å². The lowest BCUT2D eigenvalue weighted by molar-refractivity contribution is -0.137. The number of carbonyl (C=O) groups excluding carboxylic acids is 2. The van der Waals surface area contributed by atoms with E-state index in [1.807, 2.05) is 11.0 Å². The van der Waals surface area contributed by atoms with E-state index in [1.165, 1.54) is 7.11 Å². The van der Waals surface area contributed by atoms with Crippen LogP contribution in [0, 0.1) is 5.92 Å². The molecule has 0 saturated carbocycles. The Labute approximate surface area is 216 Å². The molecule has 0 aromatic heterocycles. The van der Waals surface area contributed by atoms with Gasteiger partial charge >= 0.3 is 12.0 Å². The van der Waals surface area contributed by atoms with Gasteiger partial charge in [-0.15, -0.1) is 0 Å². The highest BCUT2D eigenvalue weighted by atomic mass is 16.5. The zero-order valence-corrected chi connectivity index (χ0v) is 21.3. The topological polar surface area (TPSA) is 136 Å². The molecule has 11 nitrogen and oxygen atoms in total. The third-order valence-corrected chi connectivity index (χ3v) is 5.63. The van der Waals surface area contributed by atoms with Crippen LogP contribution in [0.15, 0.2) is 53.6 Å². The molecular formula is C26H34N6O5. The molecule has 0 bridgehead atoms. The minimum atomic E-state index is -0.876. The van der Waals surface area contributed by atoms with Crippen LogP contribution in [0.1, 0.15) is 32.3 Å². The first-order valence-electron chi connectivity index (χ1n) is 12.1. The Balaban J connectivity index is 1.52. The highest BCUT2D eigenvalue weighted by Gasteiger charge is 2.25. The molecule has 0 radical (unpaired) electrons. The molecule has 0 fully saturated rings. The zero-order valence-electron chi connectivity index (χ0n) is 21.3. The number of para-hydroxylation sites is 2. The van der Waals surface area contributed by atoms with Crippen LogP contribution in [0.5, 0.6) is 5.75 Å². The van der Waals surface area contributed by atoms with Crippen molar-refractivity contribution >= 4 is 35.6 Å². The van der Waals surface area contributed by atoms with Crippen molar-refractivity contribution in [3.05, 3.63) is 54.1 Å². The summed E-state index contributed by atoms with van der Waals surface area (Å²) >= 11 is 0. The van der Waals surface area contributed by atoms with Gasteiger partial charge in [0, 0.05) is 12.2 Å². The summed E-state index contributed by atoms with van der Waals surface area (Å²) in [6, 6.07) is 13.8. The number of ether oxygens (including phenoxy) is 1. The maximum absolute atomic E-state index is 12.8. The molecule has 3 rings (SSSR count). The van der Waals surface area contributed by atoms with Crippen molar-refractivity contribution in [1.29, 1.82) is 0 Å². The molecule has 0 saturated heterocycles. The van der Waals surface area contributed by atoms with Gasteiger partial charge < -0.3 is 30.7 Å². The first kappa shape index (κ1) is 27.3. The number of rotatable bonds is 12. The second-order valence-electron chi connectivity index (χ2n) is 9.13. The van der Waals surface area contributed by atoms with Gasteiger partial charge in [-0.1, -0.05) is 38.1 Å². The summed E-state index contributed by atoms with van der Waals surface area (Å²) in [6.45, 7) is 4.87. The number of carboxylic acids is 1. The van der Waals surface area contributed by atoms with Gasteiger partial charge in [-0.2, -0.15) is 5.10 Å². The second kappa shape index (κ2) is 13.1. The molecule has 4 N–H and O–H groups in total. The van der Waals surface area contributed by atoms with E-state index in [4.69, 9.17) is 9.84 Å². The van der Waals surface area contributed by atoms with E-state index < -0.39 is 12.0 Å². The van der Waals surface area contributed by atoms with Crippen LogP contribution >= 0.6 is 0 Å². The molecule has 0 spiro atoms. The standard InChI is InChI=1S/C26H34N6O5/c1-18(2)14-23(31-16-27-32(17-31)13-12-25(34)35)30-24(33)15-19-8-10-20(11-9-19)28-26(36)29-21-6-4-5-7-22(21)37-3/h4-11,16,18,23H,12-15,17H2,1-3H3,(H,30,33)(H,34,35)(H2,28,29,36). The fraction of sp³-hybridized carbons (Fsp3) is 0.385. The molecule has 37 heavy (non-hydrogen) atoms. The average molecular weight is 511 g/mol. The van der Waals surface area contributed by atoms with Crippen molar-refractivity contribution in [2.75, 3.05) is 31.0 Å². The van der Waals surface area contributed by atoms with E-state index in [0.29, 0.717) is 42.7 Å². The molecule has 2 aromatic rings. The summed E-state index contributed by atoms with van der Waals surface area (Å²) in [6.07, 6.45) is 2.28. The fourth-order valence-corrected chi connectivity index (χ4v) is 3.82. The predicted molar refractivity (Wildman–Crippen MR) is 141 cm³/mol. The van der Waals surface area contributed by atoms with Crippen molar-refractivity contribution in [2.45, 2.75) is 39.3 Å². The number of amides is 3. The molecule has 3 amide bonds. The number of anilines is 2. The quantitative estimate of drug-likeness (QED) is 0.344. The number of hydrogen-bond acceptors (Lipinski definition) is 7. The molecule has 1 heterocycles. The molecular weight excluding hydrogens is 476 g/mol. The number of hydrogen-bond donors (Lipinski definition) is 4. The minimum Gasteiger partial charge on any atom is -0.495 e. The SMILES string of the molecule is COc1ccccc1NC(=O)Nc1ccc(CC(=O)NC(CC(C)C)N2C=NN(CCC(=O)O)C2)cc1. The van der Waals surface area contributed by atoms with Crippen LogP contribution in [0.2, 0.25) is 0 Å². The largest absolute Gasteiger partial charge is 0.495 e. The molecule has 1 aliphatic heterocycles. The van der Waals surface area contributed by atoms with E-state index in [9.17, 15) is 14.4 Å². The van der Waals surface area contributed by atoms with E-state index in [2.05, 4.69) is 34.9 Å². The third kappa shape index (κ3) is 8.71. The number of methoxy groups -OCH3 is 1. The van der Waals surface area contributed by atoms with E-state index >= 15 is 0 Å². The molecule has 11 heteroatoms. The highest BCUT2D eigenvalue weighted by molar-refractivity contribution is 6.00. The van der Waals surface area contributed by atoms with Gasteiger partial charge in [-0.05, 0) is 42.2 Å². The molecule has 2 aromatic carbocycles. The van der Waals surface area contributed by atoms with Crippen molar-refractivity contribution < 1.29 is 24.2 Å². The van der Waals surface area contributed by atoms with Crippen molar-refractivity contribution in [3.8, 4) is 5.75 Å². The number of nitrogens with one attached hydrogen (secondary N) is 3. The number of carboxylic acid groups (broad SMARTS) is 1. The Morgan fingerprint density at radius 1 is 1.08 bits per heavy atom. The Morgan fingerprint density at radius 2 is 1.81 bits per heavy atom. The van der Waals surface area contributed by atoms with Crippen LogP contribution in [0.4, 0.5) is 16.2 Å². The molecule has 1 unspecified atom stereocenters. The lowest BCUT2D eigenvalue weighted by Gasteiger charge is -2.30. The normalized spacial score (nSPS) is 13.4. The first-order valence-corrected chi connectivity index (χ1v) is 12.1. The van der Waals surface area contributed by atoms with Gasteiger partial charge in [0.05, 0.1) is 25.6 Å². The van der Waals surface area contributed by atoms with Crippen LogP contribution in [-0.2, 0) is 16.0 Å². The fourth-order valence-electron chi connectivity index (χ4n) is 3.82. The Bertz CT molecular complexity index is 1100. The van der Waals surface area contributed by atoms with Crippen molar-refractivity contribution in [2.24, 2.45) is 11.0 Å². The van der Waals surface area contributed by atoms with Crippen LogP contribution in [0.25, 0.3) is 0 Å². The first-order chi connectivity index (χ1) is 17.7. The number of benzene rings is 2. The maximum Gasteiger partial charge on any atom is 0.323 e. The summed E-state index contributed by atoms with van der Waals surface area (Å²) in [5, 5.41) is 23.4. The summed E-state index contributed by atoms with van der Waals surface area (Å²) in [5.41, 5.74) is 1.94. The molecule has 198 valence electrons. The number of hydrazone groups is 1. The summed E-state index contributed by atoms with van der Waals surface area (Å²) in [4.78, 5) is 37.9. The van der Waals surface area contributed by atoms with Gasteiger partial charge in [0.15, 0.2) is 0 Å². The summed E-state index contributed by atoms with van der Waals surface area (Å²) in [7, 11) is 1.54. The Morgan fingerprint density at radius 3 is 2.49 bits per heavy atom. The number of carbonyl (C=O) groups is 3. The van der Waals surface area contributed by atoms with Crippen LogP contribution in [0.3, 0.4) is 0 Å². The molecule has 1 atom stereocenters. The lowest BCUT2D eigenvalue weighted by atomic mass is 10.1. The third-order valence-electron chi connectivity index (χ3n) is 5.63. The van der Waals surface area contributed by atoms with Gasteiger partial charge in [0.2, 0.25) is 5.91 Å². The van der Waals surface area contributed by atoms with Gasteiger partial charge in [-0.3, -0.25) is 14.6 Å². The smallest absolute Gasteiger partial charge is 0.323 e. The van der Waals surface area contributed by atoms with E-state index in [1.54, 1.807) is 53.8 Å². The van der Waals surface area contributed by atoms with E-state index in [0.717, 1.165) is 5.56 Å². The maximum atomic E-state index is 12.8. The lowest BCUT2D eigenvalue weighted by Crippen LogP contribution is -2.49. The Kier molecular flexibility index (Phi) is 9.70. The molecule has 0 aliphatic carbocycles. The summed E-state index contributed by atoms with van der Waals surface area (Å²) in [5.74, 6) is -0.126. The number of urea groups is 1. The van der Waals surface area contributed by atoms with E-state index in [-0.39, 0.29) is 24.9 Å². The molecule has 1 aliphatic rings. The average Bonchev–Trinajstić information content (AvgIpc) is 3.33. The van der Waals surface area contributed by atoms with Gasteiger partial charge in [0.25, 0.3) is 0 Å². The second-order valence-corrected chi connectivity index (χ2v) is 9.13. The zero-order chi connectivity index (χ0) is 26.8. The monoisotopic (exact) mass is 510 g/mol. The summed E-state index contributed by atoms with van der Waals surface area (Å²) < 4.78 is 5.24. The van der Waals surface area contributed by atoms with Crippen LogP contribution in [-0.4, -0.2) is 65.8 Å². The number of aliphatic carboxylic acids is 1. The van der Waals surface area contributed by atoms with Crippen molar-refractivity contribution in [3.63, 3.8) is 0 Å². The minimum absolute atomic E-state index is 0.000649. The highest BCUT2D eigenvalue weighted by Crippen LogP contribution is 2.23. The predicted octanol–water partition coefficient (Wildman–Crippen LogP) is 3.36. The van der Waals surface area contributed by atoms with Crippen molar-refractivity contribution in [1.82, 2.24) is 15.2 Å². The van der Waals surface area contributed by atoms with Crippen LogP contribution < -0.4 is 20.7 Å². The number of nitrogens with zero attached hydrogens (tertiary/aromatic N) is 3. The Hall–Kier alpha value is -4.28. The van der Waals surface area contributed by atoms with Gasteiger partial charge in [-0.25, -0.2) is 4.79 Å².